The number of hydrogen-bond donors (Lipinski definition) is 0. The van der Waals surface area contributed by atoms with Gasteiger partial charge in [0.15, 0.2) is 5.13 Å². The van der Waals surface area contributed by atoms with Crippen LogP contribution in [0.5, 0.6) is 0 Å². The number of fused-ring (bicyclic) bond motifs is 1. The van der Waals surface area contributed by atoms with Gasteiger partial charge in [-0.3, -0.25) is 14.5 Å². The number of amides is 2. The van der Waals surface area contributed by atoms with E-state index in [-0.39, 0.29) is 17.9 Å². The zero-order valence-electron chi connectivity index (χ0n) is 16.9. The molecule has 0 radical (unpaired) electrons. The third-order valence-electron chi connectivity index (χ3n) is 5.73. The molecule has 0 N–H and O–H groups in total. The Kier molecular flexibility index (Phi) is 5.65. The van der Waals surface area contributed by atoms with E-state index in [0.717, 1.165) is 29.5 Å². The fourth-order valence-electron chi connectivity index (χ4n) is 4.13. The van der Waals surface area contributed by atoms with Crippen LogP contribution in [0.2, 0.25) is 5.02 Å². The van der Waals surface area contributed by atoms with Crippen LogP contribution in [0.3, 0.4) is 0 Å². The van der Waals surface area contributed by atoms with Gasteiger partial charge >= 0.3 is 0 Å². The lowest BCUT2D eigenvalue weighted by Crippen LogP contribution is -2.37. The Labute approximate surface area is 189 Å². The Bertz CT molecular complexity index is 1110. The summed E-state index contributed by atoms with van der Waals surface area (Å²) in [6, 6.07) is 13.0. The van der Waals surface area contributed by atoms with Gasteiger partial charge in [0.1, 0.15) is 0 Å². The molecule has 6 nitrogen and oxygen atoms in total. The first-order valence-electron chi connectivity index (χ1n) is 10.5. The molecule has 3 heterocycles. The van der Waals surface area contributed by atoms with E-state index in [9.17, 15) is 9.59 Å². The SMILES string of the molecule is O=C(c1ccc(Cl)c(N2CCCC2=O)c1)N(CC1CCCO1)c1nc2ccccc2s1. The Hall–Kier alpha value is -2.48. The van der Waals surface area contributed by atoms with Crippen LogP contribution in [0.25, 0.3) is 10.2 Å². The maximum atomic E-state index is 13.7. The minimum atomic E-state index is -0.167. The third-order valence-corrected chi connectivity index (χ3v) is 7.11. The normalized spacial score (nSPS) is 18.8. The van der Waals surface area contributed by atoms with Gasteiger partial charge in [-0.2, -0.15) is 0 Å². The van der Waals surface area contributed by atoms with E-state index in [0.29, 0.717) is 47.5 Å². The predicted molar refractivity (Wildman–Crippen MR) is 123 cm³/mol. The molecule has 0 aliphatic carbocycles. The van der Waals surface area contributed by atoms with Crippen molar-refractivity contribution in [2.24, 2.45) is 0 Å². The van der Waals surface area contributed by atoms with Gasteiger partial charge in [-0.15, -0.1) is 0 Å². The van der Waals surface area contributed by atoms with Gasteiger partial charge in [-0.1, -0.05) is 35.1 Å². The maximum Gasteiger partial charge on any atom is 0.260 e. The molecule has 8 heteroatoms. The van der Waals surface area contributed by atoms with E-state index >= 15 is 0 Å². The molecule has 2 saturated heterocycles. The monoisotopic (exact) mass is 455 g/mol. The summed E-state index contributed by atoms with van der Waals surface area (Å²) in [5, 5.41) is 1.12. The quantitative estimate of drug-likeness (QED) is 0.548. The Balaban J connectivity index is 1.51. The van der Waals surface area contributed by atoms with Gasteiger partial charge in [0.05, 0.1) is 33.6 Å². The summed E-state index contributed by atoms with van der Waals surface area (Å²) < 4.78 is 6.84. The summed E-state index contributed by atoms with van der Waals surface area (Å²) in [5.74, 6) is -0.131. The van der Waals surface area contributed by atoms with Gasteiger partial charge in [-0.05, 0) is 49.6 Å². The number of carbonyl (C=O) groups excluding carboxylic acids is 2. The topological polar surface area (TPSA) is 62.7 Å². The number of aromatic nitrogens is 1. The van der Waals surface area contributed by atoms with Crippen molar-refractivity contribution in [1.82, 2.24) is 4.98 Å². The van der Waals surface area contributed by atoms with Crippen molar-refractivity contribution < 1.29 is 14.3 Å². The standard InChI is InChI=1S/C23H22ClN3O3S/c24-17-10-9-15(13-19(17)26-11-3-8-21(26)28)22(29)27(14-16-5-4-12-30-16)23-25-18-6-1-2-7-20(18)31-23/h1-2,6-7,9-10,13,16H,3-5,8,11-12,14H2. The molecule has 1 atom stereocenters. The van der Waals surface area contributed by atoms with Crippen LogP contribution in [-0.2, 0) is 9.53 Å². The van der Waals surface area contributed by atoms with Gasteiger partial charge < -0.3 is 9.64 Å². The van der Waals surface area contributed by atoms with Crippen molar-refractivity contribution in [3.63, 3.8) is 0 Å². The molecule has 160 valence electrons. The predicted octanol–water partition coefficient (Wildman–Crippen LogP) is 4.90. The molecule has 0 bridgehead atoms. The molecular weight excluding hydrogens is 434 g/mol. The lowest BCUT2D eigenvalue weighted by atomic mass is 10.1. The molecular formula is C23H22ClN3O3S. The highest BCUT2D eigenvalue weighted by atomic mass is 35.5. The van der Waals surface area contributed by atoms with Crippen LogP contribution in [0.4, 0.5) is 10.8 Å². The van der Waals surface area contributed by atoms with Crippen LogP contribution >= 0.6 is 22.9 Å². The number of halogens is 1. The van der Waals surface area contributed by atoms with Gasteiger partial charge in [0, 0.05) is 25.1 Å². The molecule has 1 aromatic heterocycles. The highest BCUT2D eigenvalue weighted by molar-refractivity contribution is 7.22. The molecule has 31 heavy (non-hydrogen) atoms. The van der Waals surface area contributed by atoms with Crippen LogP contribution in [-0.4, -0.2) is 42.6 Å². The second-order valence-electron chi connectivity index (χ2n) is 7.83. The minimum absolute atomic E-state index is 0.0112. The molecule has 5 rings (SSSR count). The molecule has 1 unspecified atom stereocenters. The summed E-state index contributed by atoms with van der Waals surface area (Å²) in [7, 11) is 0. The largest absolute Gasteiger partial charge is 0.376 e. The summed E-state index contributed by atoms with van der Waals surface area (Å²) in [5.41, 5.74) is 1.94. The van der Waals surface area contributed by atoms with Gasteiger partial charge in [0.25, 0.3) is 5.91 Å². The van der Waals surface area contributed by atoms with Gasteiger partial charge in [-0.25, -0.2) is 4.98 Å². The maximum absolute atomic E-state index is 13.7. The summed E-state index contributed by atoms with van der Waals surface area (Å²) >= 11 is 7.88. The zero-order chi connectivity index (χ0) is 21.4. The second kappa shape index (κ2) is 8.57. The van der Waals surface area contributed by atoms with Crippen molar-refractivity contribution in [2.45, 2.75) is 31.8 Å². The molecule has 2 aromatic carbocycles. The van der Waals surface area contributed by atoms with Crippen LogP contribution < -0.4 is 9.80 Å². The number of para-hydroxylation sites is 1. The number of ether oxygens (including phenoxy) is 1. The lowest BCUT2D eigenvalue weighted by Gasteiger charge is -2.24. The average Bonchev–Trinajstić information content (AvgIpc) is 3.52. The van der Waals surface area contributed by atoms with E-state index in [4.69, 9.17) is 21.3 Å². The molecule has 0 saturated carbocycles. The number of hydrogen-bond acceptors (Lipinski definition) is 5. The first-order valence-corrected chi connectivity index (χ1v) is 11.7. The van der Waals surface area contributed by atoms with Crippen molar-refractivity contribution in [3.05, 3.63) is 53.1 Å². The van der Waals surface area contributed by atoms with Crippen molar-refractivity contribution >= 4 is 55.8 Å². The first kappa shape index (κ1) is 20.4. The molecule has 0 spiro atoms. The third kappa shape index (κ3) is 4.05. The summed E-state index contributed by atoms with van der Waals surface area (Å²) in [6.07, 6.45) is 3.20. The number of thiazole rings is 1. The number of carbonyl (C=O) groups is 2. The molecule has 3 aromatic rings. The number of rotatable bonds is 5. The molecule has 2 amide bonds. The highest BCUT2D eigenvalue weighted by Crippen LogP contribution is 2.34. The van der Waals surface area contributed by atoms with E-state index < -0.39 is 0 Å². The number of anilines is 2. The summed E-state index contributed by atoms with van der Waals surface area (Å²) in [4.78, 5) is 34.0. The molecule has 2 fully saturated rings. The van der Waals surface area contributed by atoms with E-state index in [1.54, 1.807) is 28.0 Å². The van der Waals surface area contributed by atoms with Crippen molar-refractivity contribution in [2.75, 3.05) is 29.5 Å². The summed E-state index contributed by atoms with van der Waals surface area (Å²) in [6.45, 7) is 1.78. The lowest BCUT2D eigenvalue weighted by molar-refractivity contribution is -0.117. The first-order chi connectivity index (χ1) is 15.1. The fraction of sp³-hybridized carbons (Fsp3) is 0.348. The Morgan fingerprint density at radius 2 is 2.13 bits per heavy atom. The van der Waals surface area contributed by atoms with E-state index in [1.807, 2.05) is 24.3 Å². The number of benzene rings is 2. The van der Waals surface area contributed by atoms with Crippen molar-refractivity contribution in [1.29, 1.82) is 0 Å². The van der Waals surface area contributed by atoms with E-state index in [1.165, 1.54) is 11.3 Å². The highest BCUT2D eigenvalue weighted by Gasteiger charge is 2.29. The smallest absolute Gasteiger partial charge is 0.260 e. The van der Waals surface area contributed by atoms with Crippen LogP contribution in [0, 0.1) is 0 Å². The van der Waals surface area contributed by atoms with Crippen LogP contribution in [0.1, 0.15) is 36.0 Å². The minimum Gasteiger partial charge on any atom is -0.376 e. The Morgan fingerprint density at radius 1 is 1.26 bits per heavy atom. The zero-order valence-corrected chi connectivity index (χ0v) is 18.5. The molecule has 2 aliphatic rings. The average molecular weight is 456 g/mol. The van der Waals surface area contributed by atoms with E-state index in [2.05, 4.69) is 0 Å². The second-order valence-corrected chi connectivity index (χ2v) is 9.25. The number of nitrogens with zero attached hydrogens (tertiary/aromatic N) is 3. The molecule has 2 aliphatic heterocycles. The fourth-order valence-corrected chi connectivity index (χ4v) is 5.32. The van der Waals surface area contributed by atoms with Crippen LogP contribution in [0.15, 0.2) is 42.5 Å². The van der Waals surface area contributed by atoms with Gasteiger partial charge in [0.2, 0.25) is 5.91 Å². The van der Waals surface area contributed by atoms with Crippen molar-refractivity contribution in [3.8, 4) is 0 Å². The Morgan fingerprint density at radius 3 is 2.87 bits per heavy atom.